The van der Waals surface area contributed by atoms with E-state index >= 15 is 0 Å². The lowest BCUT2D eigenvalue weighted by Crippen LogP contribution is -2.42. The summed E-state index contributed by atoms with van der Waals surface area (Å²) in [5.41, 5.74) is 0.681. The number of ether oxygens (including phenoxy) is 3. The molecule has 0 spiro atoms. The van der Waals surface area contributed by atoms with E-state index in [1.165, 1.54) is 21.1 Å². The van der Waals surface area contributed by atoms with E-state index in [4.69, 9.17) is 9.47 Å². The number of rotatable bonds is 6. The van der Waals surface area contributed by atoms with Crippen molar-refractivity contribution in [3.05, 3.63) is 28.7 Å². The maximum atomic E-state index is 12.5. The molecule has 0 aliphatic carbocycles. The molecule has 0 saturated carbocycles. The first-order chi connectivity index (χ1) is 11.9. The molecule has 0 bridgehead atoms. The average molecular weight is 365 g/mol. The molecule has 7 nitrogen and oxygen atoms in total. The lowest BCUT2D eigenvalue weighted by molar-refractivity contribution is -0.148. The van der Waals surface area contributed by atoms with Crippen LogP contribution in [-0.2, 0) is 14.3 Å². The molecule has 25 heavy (non-hydrogen) atoms. The Morgan fingerprint density at radius 2 is 2.00 bits per heavy atom. The highest BCUT2D eigenvalue weighted by atomic mass is 32.2. The van der Waals surface area contributed by atoms with E-state index in [0.29, 0.717) is 23.7 Å². The third-order valence-corrected chi connectivity index (χ3v) is 4.42. The second kappa shape index (κ2) is 8.06. The van der Waals surface area contributed by atoms with E-state index in [-0.39, 0.29) is 4.91 Å². The molecule has 1 heterocycles. The number of hydrogen-bond acceptors (Lipinski definition) is 7. The zero-order chi connectivity index (χ0) is 18.6. The Kier molecular flexibility index (Phi) is 6.08. The van der Waals surface area contributed by atoms with Gasteiger partial charge in [-0.2, -0.15) is 0 Å². The summed E-state index contributed by atoms with van der Waals surface area (Å²) in [4.78, 5) is 37.3. The fourth-order valence-electron chi connectivity index (χ4n) is 2.29. The SMILES string of the molecule is CCOc1cc(/C=C2/SC(=O)N([C@H](C)C(=O)OC)C2=O)ccc1OC. The minimum absolute atomic E-state index is 0.230. The van der Waals surface area contributed by atoms with Crippen LogP contribution in [0, 0.1) is 0 Å². The fraction of sp³-hybridized carbons (Fsp3) is 0.353. The van der Waals surface area contributed by atoms with Gasteiger partial charge in [0.2, 0.25) is 0 Å². The third kappa shape index (κ3) is 3.96. The molecule has 2 amide bonds. The summed E-state index contributed by atoms with van der Waals surface area (Å²) in [6.45, 7) is 3.77. The van der Waals surface area contributed by atoms with E-state index in [9.17, 15) is 14.4 Å². The molecule has 1 aliphatic heterocycles. The Labute approximate surface area is 149 Å². The largest absolute Gasteiger partial charge is 0.493 e. The van der Waals surface area contributed by atoms with Gasteiger partial charge in [0.25, 0.3) is 11.1 Å². The number of esters is 1. The molecule has 1 saturated heterocycles. The van der Waals surface area contributed by atoms with Crippen molar-refractivity contribution in [2.75, 3.05) is 20.8 Å². The van der Waals surface area contributed by atoms with Gasteiger partial charge in [-0.1, -0.05) is 6.07 Å². The lowest BCUT2D eigenvalue weighted by atomic mass is 10.1. The van der Waals surface area contributed by atoms with E-state index in [1.807, 2.05) is 6.92 Å². The highest BCUT2D eigenvalue weighted by Gasteiger charge is 2.41. The quantitative estimate of drug-likeness (QED) is 0.566. The van der Waals surface area contributed by atoms with Gasteiger partial charge < -0.3 is 14.2 Å². The van der Waals surface area contributed by atoms with Crippen molar-refractivity contribution in [1.29, 1.82) is 0 Å². The van der Waals surface area contributed by atoms with Gasteiger partial charge in [0.15, 0.2) is 11.5 Å². The summed E-state index contributed by atoms with van der Waals surface area (Å²) in [5.74, 6) is -0.0550. The van der Waals surface area contributed by atoms with Crippen molar-refractivity contribution >= 4 is 35.0 Å². The molecule has 0 N–H and O–H groups in total. The summed E-state index contributed by atoms with van der Waals surface area (Å²) < 4.78 is 15.3. The Morgan fingerprint density at radius 1 is 1.28 bits per heavy atom. The maximum absolute atomic E-state index is 12.5. The van der Waals surface area contributed by atoms with Gasteiger partial charge in [-0.25, -0.2) is 4.79 Å². The first-order valence-corrected chi connectivity index (χ1v) is 8.40. The summed E-state index contributed by atoms with van der Waals surface area (Å²) in [6.07, 6.45) is 1.58. The van der Waals surface area contributed by atoms with Crippen LogP contribution in [0.1, 0.15) is 19.4 Å². The molecule has 0 aromatic heterocycles. The number of benzene rings is 1. The topological polar surface area (TPSA) is 82.1 Å². The van der Waals surface area contributed by atoms with Crippen LogP contribution in [0.3, 0.4) is 0 Å². The van der Waals surface area contributed by atoms with E-state index in [1.54, 1.807) is 24.3 Å². The molecule has 1 fully saturated rings. The van der Waals surface area contributed by atoms with Gasteiger partial charge in [-0.3, -0.25) is 14.5 Å². The zero-order valence-corrected chi connectivity index (χ0v) is 15.2. The number of carbonyl (C=O) groups is 3. The predicted octanol–water partition coefficient (Wildman–Crippen LogP) is 2.69. The van der Waals surface area contributed by atoms with Gasteiger partial charge in [-0.05, 0) is 49.4 Å². The Morgan fingerprint density at radius 3 is 2.60 bits per heavy atom. The van der Waals surface area contributed by atoms with Gasteiger partial charge in [0.1, 0.15) is 6.04 Å². The smallest absolute Gasteiger partial charge is 0.328 e. The average Bonchev–Trinajstić information content (AvgIpc) is 2.87. The summed E-state index contributed by atoms with van der Waals surface area (Å²) in [6, 6.07) is 4.22. The van der Waals surface area contributed by atoms with Crippen molar-refractivity contribution in [2.24, 2.45) is 0 Å². The number of amides is 2. The van der Waals surface area contributed by atoms with E-state index < -0.39 is 23.2 Å². The Bertz CT molecular complexity index is 730. The van der Waals surface area contributed by atoms with Crippen molar-refractivity contribution in [1.82, 2.24) is 4.90 Å². The Hall–Kier alpha value is -2.48. The molecule has 1 aromatic rings. The van der Waals surface area contributed by atoms with Gasteiger partial charge in [-0.15, -0.1) is 0 Å². The minimum Gasteiger partial charge on any atom is -0.493 e. The molecular weight excluding hydrogens is 346 g/mol. The molecule has 2 rings (SSSR count). The van der Waals surface area contributed by atoms with Gasteiger partial charge >= 0.3 is 5.97 Å². The normalized spacial score (nSPS) is 17.0. The number of imide groups is 1. The second-order valence-corrected chi connectivity index (χ2v) is 6.09. The molecule has 1 atom stereocenters. The highest BCUT2D eigenvalue weighted by Crippen LogP contribution is 2.35. The Balaban J connectivity index is 2.30. The van der Waals surface area contributed by atoms with Crippen LogP contribution >= 0.6 is 11.8 Å². The van der Waals surface area contributed by atoms with E-state index in [0.717, 1.165) is 16.7 Å². The first-order valence-electron chi connectivity index (χ1n) is 7.58. The van der Waals surface area contributed by atoms with Crippen LogP contribution < -0.4 is 9.47 Å². The standard InChI is InChI=1S/C17H19NO6S/c1-5-24-13-8-11(6-7-12(13)22-3)9-14-15(19)18(17(21)25-14)10(2)16(20)23-4/h6-10H,5H2,1-4H3/b14-9+/t10-/m1/s1. The second-order valence-electron chi connectivity index (χ2n) is 5.09. The molecule has 0 unspecified atom stereocenters. The van der Waals surface area contributed by atoms with Gasteiger partial charge in [0, 0.05) is 0 Å². The summed E-state index contributed by atoms with van der Waals surface area (Å²) in [5, 5.41) is -0.507. The van der Waals surface area contributed by atoms with Crippen LogP contribution in [-0.4, -0.2) is 48.9 Å². The fourth-order valence-corrected chi connectivity index (χ4v) is 3.20. The molecule has 0 radical (unpaired) electrons. The lowest BCUT2D eigenvalue weighted by Gasteiger charge is -2.18. The highest BCUT2D eigenvalue weighted by molar-refractivity contribution is 8.18. The van der Waals surface area contributed by atoms with Crippen LogP contribution in [0.4, 0.5) is 4.79 Å². The molecular formula is C17H19NO6S. The number of methoxy groups -OCH3 is 2. The molecule has 1 aliphatic rings. The monoisotopic (exact) mass is 365 g/mol. The van der Waals surface area contributed by atoms with Crippen LogP contribution in [0.15, 0.2) is 23.1 Å². The molecule has 8 heteroatoms. The zero-order valence-electron chi connectivity index (χ0n) is 14.4. The third-order valence-electron chi connectivity index (χ3n) is 3.54. The molecule has 134 valence electrons. The van der Waals surface area contributed by atoms with Crippen molar-refractivity contribution in [3.63, 3.8) is 0 Å². The predicted molar refractivity (Wildman–Crippen MR) is 93.5 cm³/mol. The minimum atomic E-state index is -0.974. The van der Waals surface area contributed by atoms with Crippen LogP contribution in [0.5, 0.6) is 11.5 Å². The number of thioether (sulfide) groups is 1. The maximum Gasteiger partial charge on any atom is 0.328 e. The molecule has 1 aromatic carbocycles. The van der Waals surface area contributed by atoms with Gasteiger partial charge in [0.05, 0.1) is 25.7 Å². The van der Waals surface area contributed by atoms with Crippen LogP contribution in [0.2, 0.25) is 0 Å². The number of nitrogens with zero attached hydrogens (tertiary/aromatic N) is 1. The summed E-state index contributed by atoms with van der Waals surface area (Å²) >= 11 is 0.781. The number of hydrogen-bond donors (Lipinski definition) is 0. The van der Waals surface area contributed by atoms with Crippen molar-refractivity contribution < 1.29 is 28.6 Å². The van der Waals surface area contributed by atoms with Crippen molar-refractivity contribution in [2.45, 2.75) is 19.9 Å². The first kappa shape index (κ1) is 18.9. The van der Waals surface area contributed by atoms with Crippen molar-refractivity contribution in [3.8, 4) is 11.5 Å². The van der Waals surface area contributed by atoms with Crippen LogP contribution in [0.25, 0.3) is 6.08 Å². The summed E-state index contributed by atoms with van der Waals surface area (Å²) in [7, 11) is 2.75. The number of carbonyl (C=O) groups excluding carboxylic acids is 3. The van der Waals surface area contributed by atoms with E-state index in [2.05, 4.69) is 4.74 Å².